The molecule has 30 heavy (non-hydrogen) atoms. The van der Waals surface area contributed by atoms with Crippen LogP contribution in [0.15, 0.2) is 54.6 Å². The highest BCUT2D eigenvalue weighted by Gasteiger charge is 2.07. The Morgan fingerprint density at radius 1 is 0.967 bits per heavy atom. The molecule has 0 aliphatic carbocycles. The molecule has 0 radical (unpaired) electrons. The summed E-state index contributed by atoms with van der Waals surface area (Å²) in [6.07, 6.45) is 0. The lowest BCUT2D eigenvalue weighted by atomic mass is 10.2. The molecule has 0 atom stereocenters. The number of amides is 1. The van der Waals surface area contributed by atoms with E-state index >= 15 is 0 Å². The number of aryl methyl sites for hydroxylation is 1. The van der Waals surface area contributed by atoms with Crippen molar-refractivity contribution >= 4 is 17.5 Å². The number of nitrogens with one attached hydrogen (secondary N) is 3. The maximum atomic E-state index is 13.0. The largest absolute Gasteiger partial charge is 0.457 e. The van der Waals surface area contributed by atoms with Crippen LogP contribution >= 0.6 is 0 Å². The summed E-state index contributed by atoms with van der Waals surface area (Å²) in [5.74, 6) is 2.57. The number of carbonyl (C=O) groups is 1. The minimum Gasteiger partial charge on any atom is -0.457 e. The Kier molecular flexibility index (Phi) is 7.15. The van der Waals surface area contributed by atoms with E-state index in [-0.39, 0.29) is 11.7 Å². The molecule has 0 saturated carbocycles. The molecule has 156 valence electrons. The third-order valence-corrected chi connectivity index (χ3v) is 4.06. The maximum absolute atomic E-state index is 13.0. The van der Waals surface area contributed by atoms with E-state index in [1.54, 1.807) is 24.3 Å². The number of benzene rings is 2. The second-order valence-electron chi connectivity index (χ2n) is 6.48. The van der Waals surface area contributed by atoms with E-state index in [1.807, 2.05) is 19.9 Å². The lowest BCUT2D eigenvalue weighted by Crippen LogP contribution is -2.29. The number of halogens is 1. The van der Waals surface area contributed by atoms with Crippen molar-refractivity contribution in [1.82, 2.24) is 15.3 Å². The van der Waals surface area contributed by atoms with Gasteiger partial charge in [0.25, 0.3) is 5.91 Å². The molecule has 7 nitrogen and oxygen atoms in total. The highest BCUT2D eigenvalue weighted by molar-refractivity contribution is 5.94. The Labute approximate surface area is 174 Å². The van der Waals surface area contributed by atoms with Gasteiger partial charge in [0.1, 0.15) is 34.8 Å². The van der Waals surface area contributed by atoms with E-state index in [2.05, 4.69) is 25.9 Å². The first-order valence-electron chi connectivity index (χ1n) is 9.68. The molecule has 0 fully saturated rings. The molecule has 1 heterocycles. The summed E-state index contributed by atoms with van der Waals surface area (Å²) in [4.78, 5) is 21.1. The molecular formula is C22H24FN5O2. The maximum Gasteiger partial charge on any atom is 0.251 e. The van der Waals surface area contributed by atoms with Crippen LogP contribution in [0.4, 0.5) is 16.0 Å². The first kappa shape index (κ1) is 21.0. The number of anilines is 2. The summed E-state index contributed by atoms with van der Waals surface area (Å²) < 4.78 is 18.7. The zero-order valence-electron chi connectivity index (χ0n) is 16.9. The van der Waals surface area contributed by atoms with E-state index < -0.39 is 0 Å². The molecule has 0 bridgehead atoms. The zero-order valence-corrected chi connectivity index (χ0v) is 16.9. The van der Waals surface area contributed by atoms with Gasteiger partial charge >= 0.3 is 0 Å². The van der Waals surface area contributed by atoms with Crippen LogP contribution in [0.3, 0.4) is 0 Å². The average molecular weight is 409 g/mol. The molecule has 0 aliphatic heterocycles. The number of hydrogen-bond donors (Lipinski definition) is 3. The van der Waals surface area contributed by atoms with Crippen LogP contribution in [-0.4, -0.2) is 35.5 Å². The normalized spacial score (nSPS) is 10.4. The zero-order chi connectivity index (χ0) is 21.3. The van der Waals surface area contributed by atoms with Crippen LogP contribution in [0, 0.1) is 12.7 Å². The van der Waals surface area contributed by atoms with Crippen molar-refractivity contribution in [3.05, 3.63) is 71.8 Å². The van der Waals surface area contributed by atoms with Crippen LogP contribution in [0.1, 0.15) is 23.1 Å². The third-order valence-electron chi connectivity index (χ3n) is 4.06. The van der Waals surface area contributed by atoms with Gasteiger partial charge in [0.2, 0.25) is 0 Å². The molecule has 0 saturated heterocycles. The smallest absolute Gasteiger partial charge is 0.251 e. The van der Waals surface area contributed by atoms with E-state index in [0.29, 0.717) is 41.8 Å². The Morgan fingerprint density at radius 2 is 1.70 bits per heavy atom. The summed E-state index contributed by atoms with van der Waals surface area (Å²) >= 11 is 0. The number of nitrogens with zero attached hydrogens (tertiary/aromatic N) is 2. The van der Waals surface area contributed by atoms with E-state index in [4.69, 9.17) is 4.74 Å². The minimum atomic E-state index is -0.334. The quantitative estimate of drug-likeness (QED) is 0.463. The molecule has 0 unspecified atom stereocenters. The van der Waals surface area contributed by atoms with Gasteiger partial charge in [0.15, 0.2) is 0 Å². The van der Waals surface area contributed by atoms with Crippen LogP contribution in [0.2, 0.25) is 0 Å². The van der Waals surface area contributed by atoms with Gasteiger partial charge in [-0.05, 0) is 56.3 Å². The van der Waals surface area contributed by atoms with Crippen LogP contribution in [0.5, 0.6) is 11.5 Å². The van der Waals surface area contributed by atoms with Gasteiger partial charge in [-0.25, -0.2) is 14.4 Å². The molecule has 3 N–H and O–H groups in total. The monoisotopic (exact) mass is 409 g/mol. The third kappa shape index (κ3) is 6.16. The molecule has 2 aromatic carbocycles. The molecule has 1 amide bonds. The number of carbonyl (C=O) groups excluding carboxylic acids is 1. The number of hydrogen-bond acceptors (Lipinski definition) is 6. The van der Waals surface area contributed by atoms with Crippen LogP contribution in [0.25, 0.3) is 0 Å². The van der Waals surface area contributed by atoms with Crippen LogP contribution in [-0.2, 0) is 0 Å². The lowest BCUT2D eigenvalue weighted by molar-refractivity contribution is 0.0955. The number of rotatable bonds is 9. The van der Waals surface area contributed by atoms with Crippen molar-refractivity contribution in [2.75, 3.05) is 30.3 Å². The van der Waals surface area contributed by atoms with Crippen molar-refractivity contribution in [2.24, 2.45) is 0 Å². The number of aromatic nitrogens is 2. The van der Waals surface area contributed by atoms with Crippen molar-refractivity contribution in [3.63, 3.8) is 0 Å². The Hall–Kier alpha value is -3.68. The summed E-state index contributed by atoms with van der Waals surface area (Å²) in [6.45, 7) is 5.53. The Morgan fingerprint density at radius 3 is 2.43 bits per heavy atom. The molecular weight excluding hydrogens is 385 g/mol. The Balaban J connectivity index is 1.51. The van der Waals surface area contributed by atoms with Crippen LogP contribution < -0.4 is 20.7 Å². The van der Waals surface area contributed by atoms with Gasteiger partial charge < -0.3 is 20.7 Å². The number of ether oxygens (including phenoxy) is 1. The molecule has 3 rings (SSSR count). The van der Waals surface area contributed by atoms with Gasteiger partial charge in [-0.1, -0.05) is 6.07 Å². The SMILES string of the molecule is CCNc1cc(NCCNC(=O)c2cccc(Oc3ccc(F)cc3)c2)nc(C)n1. The standard InChI is InChI=1S/C22H24FN5O2/c1-3-24-20-14-21(28-15(2)27-20)25-11-12-26-22(29)16-5-4-6-19(13-16)30-18-9-7-17(23)8-10-18/h4-10,13-14H,3,11-12H2,1-2H3,(H,26,29)(H2,24,25,27,28). The van der Waals surface area contributed by atoms with E-state index in [0.717, 1.165) is 12.4 Å². The van der Waals surface area contributed by atoms with Gasteiger partial charge in [-0.3, -0.25) is 4.79 Å². The average Bonchev–Trinajstić information content (AvgIpc) is 2.73. The minimum absolute atomic E-state index is 0.214. The fourth-order valence-corrected chi connectivity index (χ4v) is 2.74. The lowest BCUT2D eigenvalue weighted by Gasteiger charge is -2.11. The van der Waals surface area contributed by atoms with Crippen molar-refractivity contribution < 1.29 is 13.9 Å². The predicted octanol–water partition coefficient (Wildman–Crippen LogP) is 3.99. The van der Waals surface area contributed by atoms with Gasteiger partial charge in [0, 0.05) is 31.3 Å². The molecule has 8 heteroatoms. The Bertz CT molecular complexity index is 995. The summed E-state index contributed by atoms with van der Waals surface area (Å²) in [5, 5.41) is 9.19. The second-order valence-corrected chi connectivity index (χ2v) is 6.48. The molecule has 0 aliphatic rings. The molecule has 0 spiro atoms. The summed E-state index contributed by atoms with van der Waals surface area (Å²) in [6, 6.07) is 14.3. The van der Waals surface area contributed by atoms with E-state index in [1.165, 1.54) is 24.3 Å². The van der Waals surface area contributed by atoms with Crippen molar-refractivity contribution in [1.29, 1.82) is 0 Å². The fourth-order valence-electron chi connectivity index (χ4n) is 2.74. The first-order valence-corrected chi connectivity index (χ1v) is 9.68. The summed E-state index contributed by atoms with van der Waals surface area (Å²) in [5.41, 5.74) is 0.474. The van der Waals surface area contributed by atoms with Gasteiger partial charge in [-0.2, -0.15) is 0 Å². The molecule has 3 aromatic rings. The van der Waals surface area contributed by atoms with Crippen molar-refractivity contribution in [3.8, 4) is 11.5 Å². The van der Waals surface area contributed by atoms with E-state index in [9.17, 15) is 9.18 Å². The molecule has 1 aromatic heterocycles. The van der Waals surface area contributed by atoms with Gasteiger partial charge in [-0.15, -0.1) is 0 Å². The predicted molar refractivity (Wildman–Crippen MR) is 115 cm³/mol. The van der Waals surface area contributed by atoms with Gasteiger partial charge in [0.05, 0.1) is 0 Å². The topological polar surface area (TPSA) is 88.2 Å². The highest BCUT2D eigenvalue weighted by Crippen LogP contribution is 2.22. The van der Waals surface area contributed by atoms with Crippen molar-refractivity contribution in [2.45, 2.75) is 13.8 Å². The summed E-state index contributed by atoms with van der Waals surface area (Å²) in [7, 11) is 0. The highest BCUT2D eigenvalue weighted by atomic mass is 19.1. The first-order chi connectivity index (χ1) is 14.5. The fraction of sp³-hybridized carbons (Fsp3) is 0.227. The second kappa shape index (κ2) is 10.2.